The second kappa shape index (κ2) is 7.54. The van der Waals surface area contributed by atoms with Crippen molar-refractivity contribution >= 4 is 28.9 Å². The van der Waals surface area contributed by atoms with E-state index in [2.05, 4.69) is 5.32 Å². The van der Waals surface area contributed by atoms with E-state index in [0.29, 0.717) is 12.1 Å². The van der Waals surface area contributed by atoms with Gasteiger partial charge in [0, 0.05) is 16.4 Å². The van der Waals surface area contributed by atoms with Crippen molar-refractivity contribution in [3.63, 3.8) is 0 Å². The van der Waals surface area contributed by atoms with Crippen molar-refractivity contribution in [3.05, 3.63) is 57.0 Å². The summed E-state index contributed by atoms with van der Waals surface area (Å²) in [5.41, 5.74) is 0.507. The molecule has 112 valence electrons. The summed E-state index contributed by atoms with van der Waals surface area (Å²) in [6.45, 7) is 2.52. The fourth-order valence-corrected chi connectivity index (χ4v) is 2.83. The molecule has 6 heteroatoms. The van der Waals surface area contributed by atoms with Gasteiger partial charge in [-0.2, -0.15) is 0 Å². The van der Waals surface area contributed by atoms with Crippen LogP contribution >= 0.6 is 22.9 Å². The van der Waals surface area contributed by atoms with Gasteiger partial charge in [-0.1, -0.05) is 23.7 Å². The number of hydrogen-bond acceptors (Lipinski definition) is 4. The van der Waals surface area contributed by atoms with E-state index in [1.54, 1.807) is 18.3 Å². The zero-order valence-corrected chi connectivity index (χ0v) is 13.0. The van der Waals surface area contributed by atoms with Crippen LogP contribution in [0.4, 0.5) is 4.39 Å². The maximum absolute atomic E-state index is 13.1. The highest BCUT2D eigenvalue weighted by atomic mass is 35.5. The maximum atomic E-state index is 13.1. The van der Waals surface area contributed by atoms with Crippen LogP contribution < -0.4 is 5.32 Å². The Morgan fingerprint density at radius 2 is 2.29 bits per heavy atom. The third-order valence-electron chi connectivity index (χ3n) is 2.86. The van der Waals surface area contributed by atoms with Gasteiger partial charge in [-0.25, -0.2) is 9.18 Å². The molecule has 0 radical (unpaired) electrons. The van der Waals surface area contributed by atoms with Gasteiger partial charge in [0.1, 0.15) is 11.9 Å². The third kappa shape index (κ3) is 4.27. The van der Waals surface area contributed by atoms with Crippen LogP contribution in [0.3, 0.4) is 0 Å². The topological polar surface area (TPSA) is 38.3 Å². The average Bonchev–Trinajstić information content (AvgIpc) is 2.94. The first kappa shape index (κ1) is 15.9. The van der Waals surface area contributed by atoms with Gasteiger partial charge in [-0.3, -0.25) is 5.32 Å². The number of carbonyl (C=O) groups excluding carboxylic acids is 1. The minimum Gasteiger partial charge on any atom is -0.465 e. The highest BCUT2D eigenvalue weighted by molar-refractivity contribution is 7.09. The van der Waals surface area contributed by atoms with Crippen LogP contribution in [0.25, 0.3) is 0 Å². The summed E-state index contributed by atoms with van der Waals surface area (Å²) in [5.74, 6) is -0.868. The molecule has 0 bridgehead atoms. The number of nitrogens with one attached hydrogen (secondary N) is 1. The quantitative estimate of drug-likeness (QED) is 0.817. The average molecular weight is 328 g/mol. The number of thiophene rings is 1. The molecule has 1 unspecified atom stereocenters. The lowest BCUT2D eigenvalue weighted by Gasteiger charge is -2.18. The molecule has 1 heterocycles. The Morgan fingerprint density at radius 1 is 1.48 bits per heavy atom. The van der Waals surface area contributed by atoms with Crippen molar-refractivity contribution in [2.24, 2.45) is 0 Å². The zero-order valence-electron chi connectivity index (χ0n) is 11.4. The molecule has 0 saturated carbocycles. The number of rotatable bonds is 6. The molecule has 0 aliphatic carbocycles. The molecule has 0 aliphatic rings. The van der Waals surface area contributed by atoms with Crippen molar-refractivity contribution in [2.75, 3.05) is 6.61 Å². The molecule has 1 N–H and O–H groups in total. The van der Waals surface area contributed by atoms with Crippen LogP contribution in [0.5, 0.6) is 0 Å². The summed E-state index contributed by atoms with van der Waals surface area (Å²) in [5, 5.41) is 5.27. The molecule has 21 heavy (non-hydrogen) atoms. The summed E-state index contributed by atoms with van der Waals surface area (Å²) < 4.78 is 18.2. The Balaban J connectivity index is 2.20. The van der Waals surface area contributed by atoms with Gasteiger partial charge in [0.2, 0.25) is 0 Å². The third-order valence-corrected chi connectivity index (χ3v) is 4.06. The van der Waals surface area contributed by atoms with Crippen molar-refractivity contribution in [2.45, 2.75) is 19.5 Å². The van der Waals surface area contributed by atoms with Gasteiger partial charge in [0.15, 0.2) is 0 Å². The highest BCUT2D eigenvalue weighted by Gasteiger charge is 2.24. The summed E-state index contributed by atoms with van der Waals surface area (Å²) >= 11 is 7.63. The monoisotopic (exact) mass is 327 g/mol. The Morgan fingerprint density at radius 3 is 2.90 bits per heavy atom. The molecule has 0 fully saturated rings. The van der Waals surface area contributed by atoms with Crippen LogP contribution in [0.1, 0.15) is 23.4 Å². The van der Waals surface area contributed by atoms with Gasteiger partial charge >= 0.3 is 5.97 Å². The summed E-state index contributed by atoms with van der Waals surface area (Å²) in [6.07, 6.45) is 0. The number of halogens is 2. The Bertz CT molecular complexity index is 604. The van der Waals surface area contributed by atoms with E-state index >= 15 is 0 Å². The normalized spacial score (nSPS) is 12.1. The lowest BCUT2D eigenvalue weighted by molar-refractivity contribution is -0.145. The van der Waals surface area contributed by atoms with Crippen molar-refractivity contribution in [1.82, 2.24) is 5.32 Å². The van der Waals surface area contributed by atoms with Gasteiger partial charge in [-0.05, 0) is 36.1 Å². The first-order chi connectivity index (χ1) is 10.1. The van der Waals surface area contributed by atoms with Crippen molar-refractivity contribution < 1.29 is 13.9 Å². The molecule has 3 nitrogen and oxygen atoms in total. The first-order valence-corrected chi connectivity index (χ1v) is 7.75. The van der Waals surface area contributed by atoms with Gasteiger partial charge < -0.3 is 4.74 Å². The summed E-state index contributed by atoms with van der Waals surface area (Å²) in [6, 6.07) is 7.15. The number of esters is 1. The predicted molar refractivity (Wildman–Crippen MR) is 81.9 cm³/mol. The molecule has 2 rings (SSSR count). The molecular weight excluding hydrogens is 313 g/mol. The fraction of sp³-hybridized carbons (Fsp3) is 0.267. The number of benzene rings is 1. The molecule has 0 aliphatic heterocycles. The van der Waals surface area contributed by atoms with E-state index in [9.17, 15) is 9.18 Å². The van der Waals surface area contributed by atoms with Gasteiger partial charge in [0.05, 0.1) is 6.61 Å². The molecule has 0 amide bonds. The minimum atomic E-state index is -0.722. The SMILES string of the molecule is CCOC(=O)C(NCc1cccs1)c1ccc(F)cc1Cl. The highest BCUT2D eigenvalue weighted by Crippen LogP contribution is 2.25. The van der Waals surface area contributed by atoms with Gasteiger partial charge in [0.25, 0.3) is 0 Å². The van der Waals surface area contributed by atoms with Crippen LogP contribution in [-0.4, -0.2) is 12.6 Å². The molecular formula is C15H15ClFNO2S. The number of ether oxygens (including phenoxy) is 1. The van der Waals surface area contributed by atoms with Crippen LogP contribution in [0.15, 0.2) is 35.7 Å². The molecule has 1 aromatic carbocycles. The van der Waals surface area contributed by atoms with Crippen LogP contribution in [-0.2, 0) is 16.1 Å². The Labute approximate surface area is 131 Å². The van der Waals surface area contributed by atoms with E-state index < -0.39 is 17.8 Å². The van der Waals surface area contributed by atoms with E-state index in [0.717, 1.165) is 4.88 Å². The zero-order chi connectivity index (χ0) is 15.2. The smallest absolute Gasteiger partial charge is 0.327 e. The largest absolute Gasteiger partial charge is 0.465 e. The van der Waals surface area contributed by atoms with Gasteiger partial charge in [-0.15, -0.1) is 11.3 Å². The van der Waals surface area contributed by atoms with E-state index in [-0.39, 0.29) is 11.6 Å². The van der Waals surface area contributed by atoms with Crippen molar-refractivity contribution in [3.8, 4) is 0 Å². The van der Waals surface area contributed by atoms with Crippen molar-refractivity contribution in [1.29, 1.82) is 0 Å². The standard InChI is InChI=1S/C15H15ClFNO2S/c1-2-20-15(19)14(18-9-11-4-3-7-21-11)12-6-5-10(17)8-13(12)16/h3-8,14,18H,2,9H2,1H3. The summed E-state index contributed by atoms with van der Waals surface area (Å²) in [7, 11) is 0. The molecule has 1 aromatic heterocycles. The Hall–Kier alpha value is -1.43. The first-order valence-electron chi connectivity index (χ1n) is 6.49. The summed E-state index contributed by atoms with van der Waals surface area (Å²) in [4.78, 5) is 13.2. The maximum Gasteiger partial charge on any atom is 0.327 e. The number of hydrogen-bond donors (Lipinski definition) is 1. The van der Waals surface area contributed by atoms with E-state index in [1.165, 1.54) is 18.2 Å². The minimum absolute atomic E-state index is 0.201. The predicted octanol–water partition coefficient (Wildman–Crippen LogP) is 3.93. The molecule has 1 atom stereocenters. The number of carbonyl (C=O) groups is 1. The second-order valence-electron chi connectivity index (χ2n) is 4.31. The molecule has 0 saturated heterocycles. The lowest BCUT2D eigenvalue weighted by Crippen LogP contribution is -2.30. The lowest BCUT2D eigenvalue weighted by atomic mass is 10.1. The molecule has 2 aromatic rings. The Kier molecular flexibility index (Phi) is 5.73. The van der Waals surface area contributed by atoms with Crippen LogP contribution in [0.2, 0.25) is 5.02 Å². The van der Waals surface area contributed by atoms with E-state index in [1.807, 2.05) is 17.5 Å². The fourth-order valence-electron chi connectivity index (χ4n) is 1.90. The van der Waals surface area contributed by atoms with Crippen LogP contribution in [0, 0.1) is 5.82 Å². The van der Waals surface area contributed by atoms with E-state index in [4.69, 9.17) is 16.3 Å². The molecule has 0 spiro atoms. The second-order valence-corrected chi connectivity index (χ2v) is 5.75.